The minimum atomic E-state index is -1.11. The number of aryl methyl sites for hydroxylation is 2. The highest BCUT2D eigenvalue weighted by molar-refractivity contribution is 7.92. The van der Waals surface area contributed by atoms with Crippen molar-refractivity contribution in [1.82, 2.24) is 4.31 Å². The van der Waals surface area contributed by atoms with E-state index in [0.29, 0.717) is 0 Å². The van der Waals surface area contributed by atoms with Crippen LogP contribution >= 0.6 is 0 Å². The first-order valence-corrected chi connectivity index (χ1v) is 9.61. The normalized spacial score (nSPS) is 19.9. The Kier molecular flexibility index (Phi) is 6.52. The lowest BCUT2D eigenvalue weighted by Crippen LogP contribution is -2.50. The maximum absolute atomic E-state index is 12.6. The van der Waals surface area contributed by atoms with Crippen molar-refractivity contribution in [2.45, 2.75) is 39.2 Å². The molecule has 1 atom stereocenters. The highest BCUT2D eigenvalue weighted by atomic mass is 32.2. The molecule has 2 rings (SSSR count). The van der Waals surface area contributed by atoms with Crippen molar-refractivity contribution in [3.63, 3.8) is 0 Å². The summed E-state index contributed by atoms with van der Waals surface area (Å²) in [5, 5.41) is 4.96. The van der Waals surface area contributed by atoms with Gasteiger partial charge in [-0.05, 0) is 68.5 Å². The molecule has 5 heteroatoms. The number of nitrogens with one attached hydrogen (secondary N) is 1. The third-order valence-electron chi connectivity index (χ3n) is 4.64. The number of nitrogens with two attached hydrogens (primary N) is 1. The highest BCUT2D eigenvalue weighted by Gasteiger charge is 2.32. The first-order valence-electron chi connectivity index (χ1n) is 8.44. The van der Waals surface area contributed by atoms with E-state index in [2.05, 4.69) is 37.4 Å². The van der Waals surface area contributed by atoms with Crippen molar-refractivity contribution in [3.8, 4) is 0 Å². The average Bonchev–Trinajstić information content (AvgIpc) is 2.54. The summed E-state index contributed by atoms with van der Waals surface area (Å²) < 4.78 is 14.6. The van der Waals surface area contributed by atoms with E-state index < -0.39 is 11.4 Å². The molecule has 0 bridgehead atoms. The van der Waals surface area contributed by atoms with Crippen molar-refractivity contribution in [1.29, 1.82) is 0 Å². The van der Waals surface area contributed by atoms with E-state index in [4.69, 9.17) is 5.73 Å². The van der Waals surface area contributed by atoms with E-state index in [0.717, 1.165) is 37.2 Å². The number of hydrogen-bond donors (Lipinski definition) is 2. The van der Waals surface area contributed by atoms with Gasteiger partial charge in [0.05, 0.1) is 11.4 Å². The van der Waals surface area contributed by atoms with Gasteiger partial charge >= 0.3 is 0 Å². The highest BCUT2D eigenvalue weighted by Crippen LogP contribution is 2.25. The van der Waals surface area contributed by atoms with Crippen LogP contribution < -0.4 is 11.1 Å². The van der Waals surface area contributed by atoms with Crippen molar-refractivity contribution in [3.05, 3.63) is 46.4 Å². The minimum Gasteiger partial charge on any atom is -0.593 e. The topological polar surface area (TPSA) is 64.3 Å². The zero-order valence-electron chi connectivity index (χ0n) is 15.1. The number of piperidine rings is 1. The summed E-state index contributed by atoms with van der Waals surface area (Å²) in [6, 6.07) is 4.21. The van der Waals surface area contributed by atoms with Crippen LogP contribution in [0.3, 0.4) is 0 Å². The maximum atomic E-state index is 12.6. The van der Waals surface area contributed by atoms with Crippen LogP contribution in [-0.2, 0) is 11.4 Å². The molecule has 1 aromatic rings. The summed E-state index contributed by atoms with van der Waals surface area (Å²) in [6.07, 6.45) is 7.74. The van der Waals surface area contributed by atoms with Crippen LogP contribution in [0.4, 0.5) is 5.69 Å². The number of hydrogen-bond acceptors (Lipinski definition) is 4. The average molecular weight is 348 g/mol. The van der Waals surface area contributed by atoms with Gasteiger partial charge in [-0.1, -0.05) is 12.2 Å². The number of allylic oxidation sites excluding steroid dienone is 1. The number of nitrogens with zero attached hydrogens (tertiary/aromatic N) is 1. The molecule has 0 radical (unpaired) electrons. The van der Waals surface area contributed by atoms with Gasteiger partial charge in [-0.3, -0.25) is 0 Å². The van der Waals surface area contributed by atoms with Crippen molar-refractivity contribution in [2.24, 2.45) is 5.73 Å². The number of benzene rings is 1. The van der Waals surface area contributed by atoms with Crippen molar-refractivity contribution < 1.29 is 4.55 Å². The summed E-state index contributed by atoms with van der Waals surface area (Å²) in [6.45, 7) is 7.67. The Labute approximate surface area is 149 Å². The van der Waals surface area contributed by atoms with E-state index >= 15 is 0 Å². The van der Waals surface area contributed by atoms with Gasteiger partial charge in [-0.15, -0.1) is 4.31 Å². The molecule has 0 saturated carbocycles. The third kappa shape index (κ3) is 4.63. The summed E-state index contributed by atoms with van der Waals surface area (Å²) >= 11 is -1.11. The van der Waals surface area contributed by atoms with Crippen LogP contribution in [0, 0.1) is 13.8 Å². The standard InChI is InChI=1S/C19H29N3OS/c1-5-7-19(20)8-10-22(11-9-19)24(23)12-6-18-15(2)13-17(21-4)14-16(18)3/h5-7,12-14,21H,8-11,20H2,1-4H3/b7-5?,12-6+. The van der Waals surface area contributed by atoms with Gasteiger partial charge in [0.15, 0.2) is 0 Å². The molecule has 1 saturated heterocycles. The molecule has 0 aromatic heterocycles. The van der Waals surface area contributed by atoms with Crippen LogP contribution in [0.15, 0.2) is 29.7 Å². The van der Waals surface area contributed by atoms with Gasteiger partial charge in [0.25, 0.3) is 0 Å². The van der Waals surface area contributed by atoms with E-state index in [9.17, 15) is 4.55 Å². The van der Waals surface area contributed by atoms with Crippen LogP contribution in [-0.4, -0.2) is 34.5 Å². The first-order chi connectivity index (χ1) is 11.4. The van der Waals surface area contributed by atoms with E-state index in [-0.39, 0.29) is 5.54 Å². The quantitative estimate of drug-likeness (QED) is 0.633. The maximum Gasteiger partial charge on any atom is 0.139 e. The molecule has 1 unspecified atom stereocenters. The van der Waals surface area contributed by atoms with E-state index in [1.54, 1.807) is 5.41 Å². The predicted octanol–water partition coefficient (Wildman–Crippen LogP) is 3.35. The third-order valence-corrected chi connectivity index (χ3v) is 5.88. The molecule has 132 valence electrons. The van der Waals surface area contributed by atoms with Gasteiger partial charge in [-0.25, -0.2) is 0 Å². The first kappa shape index (κ1) is 19.1. The predicted molar refractivity (Wildman–Crippen MR) is 105 cm³/mol. The molecule has 1 aliphatic heterocycles. The Balaban J connectivity index is 2.03. The number of rotatable bonds is 5. The molecule has 1 fully saturated rings. The molecule has 1 aliphatic rings. The van der Waals surface area contributed by atoms with Crippen LogP contribution in [0.1, 0.15) is 36.5 Å². The fourth-order valence-corrected chi connectivity index (χ4v) is 4.14. The zero-order valence-corrected chi connectivity index (χ0v) is 16.0. The van der Waals surface area contributed by atoms with Crippen molar-refractivity contribution in [2.75, 3.05) is 25.5 Å². The zero-order chi connectivity index (χ0) is 17.7. The van der Waals surface area contributed by atoms with E-state index in [1.807, 2.05) is 30.4 Å². The minimum absolute atomic E-state index is 0.241. The molecule has 0 spiro atoms. The Morgan fingerprint density at radius 2 is 1.83 bits per heavy atom. The SMILES string of the molecule is CC=CC1(N)CCN([S+]([O-])/C=C/c2c(C)cc(NC)cc2C)CC1. The van der Waals surface area contributed by atoms with E-state index in [1.165, 1.54) is 11.1 Å². The Bertz CT molecular complexity index is 596. The Morgan fingerprint density at radius 1 is 1.25 bits per heavy atom. The summed E-state index contributed by atoms with van der Waals surface area (Å²) in [4.78, 5) is 0. The molecule has 4 nitrogen and oxygen atoms in total. The summed E-state index contributed by atoms with van der Waals surface area (Å²) in [5.41, 5.74) is 10.7. The smallest absolute Gasteiger partial charge is 0.139 e. The lowest BCUT2D eigenvalue weighted by molar-refractivity contribution is 0.276. The van der Waals surface area contributed by atoms with Gasteiger partial charge in [0.2, 0.25) is 0 Å². The molecular weight excluding hydrogens is 318 g/mol. The second kappa shape index (κ2) is 8.21. The molecule has 1 heterocycles. The molecule has 24 heavy (non-hydrogen) atoms. The van der Waals surface area contributed by atoms with Crippen molar-refractivity contribution >= 4 is 23.1 Å². The van der Waals surface area contributed by atoms with Gasteiger partial charge < -0.3 is 15.6 Å². The molecule has 0 aliphatic carbocycles. The van der Waals surface area contributed by atoms with Gasteiger partial charge in [0.1, 0.15) is 5.41 Å². The largest absolute Gasteiger partial charge is 0.593 e. The fourth-order valence-electron chi connectivity index (χ4n) is 3.18. The second-order valence-electron chi connectivity index (χ2n) is 6.51. The van der Waals surface area contributed by atoms with Crippen LogP contribution in [0.2, 0.25) is 0 Å². The van der Waals surface area contributed by atoms with Gasteiger partial charge in [0, 0.05) is 31.4 Å². The lowest BCUT2D eigenvalue weighted by atomic mass is 9.89. The molecule has 3 N–H and O–H groups in total. The Morgan fingerprint density at radius 3 is 2.33 bits per heavy atom. The van der Waals surface area contributed by atoms with Gasteiger partial charge in [-0.2, -0.15) is 0 Å². The van der Waals surface area contributed by atoms with Crippen LogP contribution in [0.25, 0.3) is 6.08 Å². The molecular formula is C19H29N3OS. The second-order valence-corrected chi connectivity index (χ2v) is 7.86. The fraction of sp³-hybridized carbons (Fsp3) is 0.474. The molecule has 1 aromatic carbocycles. The lowest BCUT2D eigenvalue weighted by Gasteiger charge is -2.35. The number of anilines is 1. The Hall–Kier alpha value is -1.27. The summed E-state index contributed by atoms with van der Waals surface area (Å²) in [5.74, 6) is 0. The molecule has 0 amide bonds. The van der Waals surface area contributed by atoms with Crippen LogP contribution in [0.5, 0.6) is 0 Å². The summed E-state index contributed by atoms with van der Waals surface area (Å²) in [7, 11) is 1.92. The monoisotopic (exact) mass is 347 g/mol.